The fourth-order valence-electron chi connectivity index (χ4n) is 2.20. The lowest BCUT2D eigenvalue weighted by molar-refractivity contribution is -0.137. The van der Waals surface area contributed by atoms with E-state index in [2.05, 4.69) is 9.97 Å². The van der Waals surface area contributed by atoms with Crippen LogP contribution in [0.4, 0.5) is 24.7 Å². The molecule has 25 heavy (non-hydrogen) atoms. The van der Waals surface area contributed by atoms with Crippen LogP contribution in [0.3, 0.4) is 0 Å². The molecule has 2 rings (SSSR count). The Bertz CT molecular complexity index is 710. The van der Waals surface area contributed by atoms with Crippen molar-refractivity contribution in [2.45, 2.75) is 32.4 Å². The summed E-state index contributed by atoms with van der Waals surface area (Å²) in [5, 5.41) is 0.419. The molecular formula is C17H19ClF3N3O. The van der Waals surface area contributed by atoms with E-state index in [-0.39, 0.29) is 11.8 Å². The Balaban J connectivity index is 2.34. The first-order chi connectivity index (χ1) is 11.8. The molecule has 0 atom stereocenters. The average Bonchev–Trinajstić information content (AvgIpc) is 2.57. The molecule has 1 heterocycles. The van der Waals surface area contributed by atoms with Crippen molar-refractivity contribution in [3.05, 3.63) is 41.0 Å². The van der Waals surface area contributed by atoms with E-state index in [1.54, 1.807) is 24.3 Å². The Labute approximate surface area is 149 Å². The van der Waals surface area contributed by atoms with Crippen molar-refractivity contribution >= 4 is 23.1 Å². The number of benzene rings is 1. The standard InChI is InChI=1S/C17H19ClF3N3O/c1-3-4-5-9-25-16-22-11-14(17(19,20)21)15(23-16)24(2)13-8-6-7-12(18)10-13/h6-8,10-11H,3-5,9H2,1-2H3. The molecule has 2 aromatic rings. The van der Waals surface area contributed by atoms with Crippen LogP contribution in [0, 0.1) is 0 Å². The van der Waals surface area contributed by atoms with Gasteiger partial charge >= 0.3 is 12.2 Å². The quantitative estimate of drug-likeness (QED) is 0.602. The van der Waals surface area contributed by atoms with Gasteiger partial charge in [-0.15, -0.1) is 0 Å². The zero-order valence-corrected chi connectivity index (χ0v) is 14.7. The maximum Gasteiger partial charge on any atom is 0.421 e. The first kappa shape index (κ1) is 19.3. The van der Waals surface area contributed by atoms with Gasteiger partial charge in [-0.2, -0.15) is 18.2 Å². The summed E-state index contributed by atoms with van der Waals surface area (Å²) in [6.45, 7) is 2.41. The second-order valence-electron chi connectivity index (χ2n) is 5.48. The van der Waals surface area contributed by atoms with E-state index < -0.39 is 11.7 Å². The van der Waals surface area contributed by atoms with Crippen LogP contribution < -0.4 is 9.64 Å². The number of hydrogen-bond acceptors (Lipinski definition) is 4. The third-order valence-corrected chi connectivity index (χ3v) is 3.78. The van der Waals surface area contributed by atoms with Crippen LogP contribution in [-0.2, 0) is 6.18 Å². The molecule has 0 saturated carbocycles. The van der Waals surface area contributed by atoms with Crippen molar-refractivity contribution in [2.75, 3.05) is 18.6 Å². The summed E-state index contributed by atoms with van der Waals surface area (Å²) in [7, 11) is 1.49. The van der Waals surface area contributed by atoms with Gasteiger partial charge in [0.1, 0.15) is 5.56 Å². The Hall–Kier alpha value is -2.02. The summed E-state index contributed by atoms with van der Waals surface area (Å²) >= 11 is 5.93. The van der Waals surface area contributed by atoms with Crippen LogP contribution in [0.15, 0.2) is 30.5 Å². The van der Waals surface area contributed by atoms with Gasteiger partial charge in [0.05, 0.1) is 6.61 Å². The number of hydrogen-bond donors (Lipinski definition) is 0. The average molecular weight is 374 g/mol. The highest BCUT2D eigenvalue weighted by molar-refractivity contribution is 6.30. The predicted octanol–water partition coefficient (Wildman–Crippen LogP) is 5.49. The van der Waals surface area contributed by atoms with E-state index in [9.17, 15) is 13.2 Å². The van der Waals surface area contributed by atoms with Crippen molar-refractivity contribution < 1.29 is 17.9 Å². The molecule has 1 aromatic carbocycles. The number of anilines is 2. The minimum atomic E-state index is -4.58. The van der Waals surface area contributed by atoms with Crippen LogP contribution in [0.5, 0.6) is 6.01 Å². The SMILES string of the molecule is CCCCCOc1ncc(C(F)(F)F)c(N(C)c2cccc(Cl)c2)n1. The first-order valence-electron chi connectivity index (χ1n) is 7.89. The van der Waals surface area contributed by atoms with Crippen LogP contribution >= 0.6 is 11.6 Å². The van der Waals surface area contributed by atoms with Gasteiger partial charge in [0.25, 0.3) is 0 Å². The predicted molar refractivity (Wildman–Crippen MR) is 91.6 cm³/mol. The van der Waals surface area contributed by atoms with Crippen molar-refractivity contribution in [3.8, 4) is 6.01 Å². The van der Waals surface area contributed by atoms with Gasteiger partial charge in [-0.25, -0.2) is 4.98 Å². The summed E-state index contributed by atoms with van der Waals surface area (Å²) < 4.78 is 45.3. The fourth-order valence-corrected chi connectivity index (χ4v) is 2.39. The number of halogens is 4. The molecule has 0 unspecified atom stereocenters. The molecule has 4 nitrogen and oxygen atoms in total. The van der Waals surface area contributed by atoms with E-state index in [1.165, 1.54) is 11.9 Å². The maximum atomic E-state index is 13.3. The van der Waals surface area contributed by atoms with Gasteiger partial charge in [-0.3, -0.25) is 0 Å². The molecular weight excluding hydrogens is 355 g/mol. The van der Waals surface area contributed by atoms with Gasteiger partial charge in [0.2, 0.25) is 0 Å². The largest absolute Gasteiger partial charge is 0.463 e. The van der Waals surface area contributed by atoms with Gasteiger partial charge in [-0.1, -0.05) is 37.4 Å². The number of rotatable bonds is 7. The number of unbranched alkanes of at least 4 members (excludes halogenated alkanes) is 2. The van der Waals surface area contributed by atoms with E-state index in [1.807, 2.05) is 6.92 Å². The fraction of sp³-hybridized carbons (Fsp3) is 0.412. The topological polar surface area (TPSA) is 38.2 Å². The Morgan fingerprint density at radius 1 is 1.24 bits per heavy atom. The molecule has 0 spiro atoms. The lowest BCUT2D eigenvalue weighted by Gasteiger charge is -2.22. The van der Waals surface area contributed by atoms with E-state index in [4.69, 9.17) is 16.3 Å². The summed E-state index contributed by atoms with van der Waals surface area (Å²) in [5.41, 5.74) is -0.454. The highest BCUT2D eigenvalue weighted by Gasteiger charge is 2.36. The monoisotopic (exact) mass is 373 g/mol. The van der Waals surface area contributed by atoms with Crippen LogP contribution in [0.25, 0.3) is 0 Å². The Morgan fingerprint density at radius 3 is 2.64 bits per heavy atom. The zero-order chi connectivity index (χ0) is 18.4. The van der Waals surface area contributed by atoms with Crippen molar-refractivity contribution in [2.24, 2.45) is 0 Å². The molecule has 0 aliphatic heterocycles. The molecule has 136 valence electrons. The molecule has 0 amide bonds. The maximum absolute atomic E-state index is 13.3. The highest BCUT2D eigenvalue weighted by atomic mass is 35.5. The van der Waals surface area contributed by atoms with E-state index >= 15 is 0 Å². The van der Waals surface area contributed by atoms with Crippen molar-refractivity contribution in [1.82, 2.24) is 9.97 Å². The van der Waals surface area contributed by atoms with Gasteiger partial charge in [0.15, 0.2) is 5.82 Å². The molecule has 0 radical (unpaired) electrons. The second kappa shape index (κ2) is 8.38. The second-order valence-corrected chi connectivity index (χ2v) is 5.92. The molecule has 0 aliphatic carbocycles. The third kappa shape index (κ3) is 5.22. The van der Waals surface area contributed by atoms with Gasteiger partial charge < -0.3 is 9.64 Å². The molecule has 0 saturated heterocycles. The number of alkyl halides is 3. The number of nitrogens with zero attached hydrogens (tertiary/aromatic N) is 3. The Morgan fingerprint density at radius 2 is 2.00 bits per heavy atom. The van der Waals surface area contributed by atoms with Crippen LogP contribution in [0.2, 0.25) is 5.02 Å². The minimum Gasteiger partial charge on any atom is -0.463 e. The van der Waals surface area contributed by atoms with E-state index in [0.717, 1.165) is 25.5 Å². The third-order valence-electron chi connectivity index (χ3n) is 3.54. The smallest absolute Gasteiger partial charge is 0.421 e. The summed E-state index contributed by atoms with van der Waals surface area (Å²) in [6, 6.07) is 6.44. The highest BCUT2D eigenvalue weighted by Crippen LogP contribution is 2.38. The number of ether oxygens (including phenoxy) is 1. The van der Waals surface area contributed by atoms with Crippen molar-refractivity contribution in [1.29, 1.82) is 0 Å². The van der Waals surface area contributed by atoms with Crippen molar-refractivity contribution in [3.63, 3.8) is 0 Å². The van der Waals surface area contributed by atoms with Crippen LogP contribution in [0.1, 0.15) is 31.7 Å². The van der Waals surface area contributed by atoms with E-state index in [0.29, 0.717) is 17.3 Å². The first-order valence-corrected chi connectivity index (χ1v) is 8.27. The number of aromatic nitrogens is 2. The van der Waals surface area contributed by atoms with Gasteiger partial charge in [0, 0.05) is 24.0 Å². The zero-order valence-electron chi connectivity index (χ0n) is 14.0. The normalized spacial score (nSPS) is 11.4. The minimum absolute atomic E-state index is 0.0759. The molecule has 0 fully saturated rings. The summed E-state index contributed by atoms with van der Waals surface area (Å²) in [5.74, 6) is -0.282. The molecule has 0 aliphatic rings. The van der Waals surface area contributed by atoms with Crippen LogP contribution in [-0.4, -0.2) is 23.6 Å². The Kier molecular flexibility index (Phi) is 6.47. The lowest BCUT2D eigenvalue weighted by Crippen LogP contribution is -2.19. The summed E-state index contributed by atoms with van der Waals surface area (Å²) in [6.07, 6.45) is -1.06. The molecule has 0 N–H and O–H groups in total. The molecule has 8 heteroatoms. The molecule has 0 bridgehead atoms. The summed E-state index contributed by atoms with van der Waals surface area (Å²) in [4.78, 5) is 8.98. The molecule has 1 aromatic heterocycles. The van der Waals surface area contributed by atoms with Gasteiger partial charge in [-0.05, 0) is 24.6 Å². The lowest BCUT2D eigenvalue weighted by atomic mass is 10.2.